The number of nitrogen functional groups attached to an aromatic ring is 2. The summed E-state index contributed by atoms with van der Waals surface area (Å²) in [6, 6.07) is 21.3. The molecular weight excluding hydrogens is 493 g/mol. The van der Waals surface area contributed by atoms with Crippen molar-refractivity contribution in [2.45, 2.75) is 13.0 Å². The molecule has 1 aliphatic heterocycles. The lowest BCUT2D eigenvalue weighted by atomic mass is 10.0. The second-order valence-electron chi connectivity index (χ2n) is 7.96. The van der Waals surface area contributed by atoms with Crippen LogP contribution in [0.1, 0.15) is 11.1 Å². The SMILES string of the molecule is Cl.Cl.Cl.Nc1ncc(CN2CCc3cc(-c4ccc5c(c4)oc4ccccc45)ccc32)c(N)n1. The van der Waals surface area contributed by atoms with E-state index in [1.807, 2.05) is 18.2 Å². The first-order valence-corrected chi connectivity index (χ1v) is 10.3. The monoisotopic (exact) mass is 515 g/mol. The maximum atomic E-state index is 6.07. The quantitative estimate of drug-likeness (QED) is 0.304. The van der Waals surface area contributed by atoms with E-state index in [1.54, 1.807) is 6.20 Å². The van der Waals surface area contributed by atoms with Gasteiger partial charge in [0, 0.05) is 41.3 Å². The summed E-state index contributed by atoms with van der Waals surface area (Å²) in [6.07, 6.45) is 2.71. The fraction of sp³-hybridized carbons (Fsp3) is 0.120. The molecule has 0 atom stereocenters. The molecule has 0 fully saturated rings. The molecule has 1 aliphatic rings. The number of furan rings is 1. The number of nitrogens with two attached hydrogens (primary N) is 2. The molecule has 0 saturated carbocycles. The summed E-state index contributed by atoms with van der Waals surface area (Å²) in [6.45, 7) is 1.61. The largest absolute Gasteiger partial charge is 0.456 e. The van der Waals surface area contributed by atoms with Crippen LogP contribution in [-0.2, 0) is 13.0 Å². The number of anilines is 3. The molecule has 2 aromatic heterocycles. The van der Waals surface area contributed by atoms with Gasteiger partial charge in [-0.25, -0.2) is 4.98 Å². The summed E-state index contributed by atoms with van der Waals surface area (Å²) in [5.41, 5.74) is 19.3. The molecule has 0 spiro atoms. The maximum absolute atomic E-state index is 6.07. The fourth-order valence-electron chi connectivity index (χ4n) is 4.48. The third-order valence-corrected chi connectivity index (χ3v) is 6.06. The molecule has 6 nitrogen and oxygen atoms in total. The van der Waals surface area contributed by atoms with Crippen LogP contribution in [0.4, 0.5) is 17.5 Å². The molecule has 0 radical (unpaired) electrons. The Balaban J connectivity index is 0.00000108. The Bertz CT molecular complexity index is 1470. The zero-order chi connectivity index (χ0) is 20.9. The van der Waals surface area contributed by atoms with Crippen molar-refractivity contribution in [1.29, 1.82) is 0 Å². The number of rotatable bonds is 3. The summed E-state index contributed by atoms with van der Waals surface area (Å²) < 4.78 is 6.07. The van der Waals surface area contributed by atoms with Crippen molar-refractivity contribution >= 4 is 76.6 Å². The molecule has 34 heavy (non-hydrogen) atoms. The average molecular weight is 517 g/mol. The van der Waals surface area contributed by atoms with Crippen molar-refractivity contribution in [3.63, 3.8) is 0 Å². The van der Waals surface area contributed by atoms with Crippen LogP contribution in [-0.4, -0.2) is 16.5 Å². The highest BCUT2D eigenvalue weighted by Crippen LogP contribution is 2.36. The molecule has 4 N–H and O–H groups in total. The highest BCUT2D eigenvalue weighted by Gasteiger charge is 2.21. The lowest BCUT2D eigenvalue weighted by Crippen LogP contribution is -2.21. The number of fused-ring (bicyclic) bond motifs is 4. The Morgan fingerprint density at radius 2 is 1.59 bits per heavy atom. The first-order chi connectivity index (χ1) is 15.2. The average Bonchev–Trinajstić information content (AvgIpc) is 3.36. The third-order valence-electron chi connectivity index (χ3n) is 6.06. The van der Waals surface area contributed by atoms with Gasteiger partial charge < -0.3 is 20.8 Å². The van der Waals surface area contributed by atoms with Gasteiger partial charge in [-0.15, -0.1) is 37.2 Å². The van der Waals surface area contributed by atoms with Crippen molar-refractivity contribution in [2.24, 2.45) is 0 Å². The fourth-order valence-corrected chi connectivity index (χ4v) is 4.48. The number of hydrogen-bond acceptors (Lipinski definition) is 6. The normalized spacial score (nSPS) is 12.1. The first-order valence-electron chi connectivity index (χ1n) is 10.3. The number of hydrogen-bond donors (Lipinski definition) is 2. The molecule has 0 bridgehead atoms. The minimum atomic E-state index is 0. The molecule has 0 saturated heterocycles. The lowest BCUT2D eigenvalue weighted by molar-refractivity contribution is 0.669. The second-order valence-corrected chi connectivity index (χ2v) is 7.96. The van der Waals surface area contributed by atoms with Gasteiger partial charge in [0.05, 0.1) is 0 Å². The molecule has 3 aromatic carbocycles. The number of nitrogens with zero attached hydrogens (tertiary/aromatic N) is 3. The molecule has 6 rings (SSSR count). The van der Waals surface area contributed by atoms with E-state index < -0.39 is 0 Å². The number of benzene rings is 3. The number of halogens is 3. The van der Waals surface area contributed by atoms with Crippen LogP contribution in [0.2, 0.25) is 0 Å². The van der Waals surface area contributed by atoms with E-state index in [9.17, 15) is 0 Å². The number of aromatic nitrogens is 2. The van der Waals surface area contributed by atoms with Gasteiger partial charge >= 0.3 is 0 Å². The topological polar surface area (TPSA) is 94.2 Å². The highest BCUT2D eigenvalue weighted by atomic mass is 35.5. The van der Waals surface area contributed by atoms with Crippen molar-refractivity contribution < 1.29 is 4.42 Å². The van der Waals surface area contributed by atoms with Crippen LogP contribution in [0.25, 0.3) is 33.1 Å². The summed E-state index contributed by atoms with van der Waals surface area (Å²) >= 11 is 0. The number of para-hydroxylation sites is 1. The minimum Gasteiger partial charge on any atom is -0.456 e. The van der Waals surface area contributed by atoms with E-state index in [0.29, 0.717) is 12.4 Å². The lowest BCUT2D eigenvalue weighted by Gasteiger charge is -2.20. The van der Waals surface area contributed by atoms with E-state index in [1.165, 1.54) is 16.8 Å². The minimum absolute atomic E-state index is 0. The molecule has 5 aromatic rings. The van der Waals surface area contributed by atoms with E-state index in [-0.39, 0.29) is 43.2 Å². The summed E-state index contributed by atoms with van der Waals surface area (Å²) in [4.78, 5) is 10.5. The second kappa shape index (κ2) is 9.97. The molecule has 3 heterocycles. The van der Waals surface area contributed by atoms with Crippen molar-refractivity contribution in [1.82, 2.24) is 9.97 Å². The predicted octanol–water partition coefficient (Wildman–Crippen LogP) is 6.04. The van der Waals surface area contributed by atoms with Gasteiger partial charge in [0.2, 0.25) is 5.95 Å². The van der Waals surface area contributed by atoms with E-state index >= 15 is 0 Å². The summed E-state index contributed by atoms with van der Waals surface area (Å²) in [5, 5.41) is 2.30. The molecule has 0 amide bonds. The predicted molar refractivity (Wildman–Crippen MR) is 147 cm³/mol. The van der Waals surface area contributed by atoms with Crippen LogP contribution in [0.3, 0.4) is 0 Å². The van der Waals surface area contributed by atoms with E-state index in [2.05, 4.69) is 57.3 Å². The van der Waals surface area contributed by atoms with Crippen molar-refractivity contribution in [3.05, 3.63) is 78.0 Å². The molecule has 9 heteroatoms. The van der Waals surface area contributed by atoms with Gasteiger partial charge in [0.25, 0.3) is 0 Å². The van der Waals surface area contributed by atoms with Gasteiger partial charge in [-0.2, -0.15) is 4.98 Å². The van der Waals surface area contributed by atoms with Crippen LogP contribution in [0.5, 0.6) is 0 Å². The van der Waals surface area contributed by atoms with Crippen LogP contribution in [0.15, 0.2) is 71.3 Å². The Labute approximate surface area is 215 Å². The molecular formula is C25H24Cl3N5O. The van der Waals surface area contributed by atoms with Gasteiger partial charge in [0.15, 0.2) is 0 Å². The van der Waals surface area contributed by atoms with Crippen molar-refractivity contribution in [3.8, 4) is 11.1 Å². The Hall–Kier alpha value is -3.19. The summed E-state index contributed by atoms with van der Waals surface area (Å²) in [5.74, 6) is 0.644. The van der Waals surface area contributed by atoms with Crippen LogP contribution >= 0.6 is 37.2 Å². The third kappa shape index (κ3) is 4.32. The Morgan fingerprint density at radius 1 is 0.853 bits per heavy atom. The maximum Gasteiger partial charge on any atom is 0.221 e. The molecule has 0 aliphatic carbocycles. The first kappa shape index (κ1) is 25.4. The van der Waals surface area contributed by atoms with E-state index in [0.717, 1.165) is 46.0 Å². The van der Waals surface area contributed by atoms with Gasteiger partial charge in [-0.05, 0) is 53.4 Å². The standard InChI is InChI=1S/C25H21N5O.3ClH/c26-24-18(13-28-25(27)29-24)14-30-10-9-17-11-15(6-8-21(17)30)16-5-7-20-19-3-1-2-4-22(19)31-23(20)12-16;;;/h1-8,11-13H,9-10,14H2,(H4,26,27,28,29);3*1H. The summed E-state index contributed by atoms with van der Waals surface area (Å²) in [7, 11) is 0. The van der Waals surface area contributed by atoms with Crippen LogP contribution in [0, 0.1) is 0 Å². The Morgan fingerprint density at radius 3 is 2.41 bits per heavy atom. The van der Waals surface area contributed by atoms with Gasteiger partial charge in [-0.1, -0.05) is 30.3 Å². The zero-order valence-electron chi connectivity index (χ0n) is 18.1. The van der Waals surface area contributed by atoms with E-state index in [4.69, 9.17) is 15.9 Å². The molecule has 0 unspecified atom stereocenters. The van der Waals surface area contributed by atoms with Crippen molar-refractivity contribution in [2.75, 3.05) is 22.9 Å². The highest BCUT2D eigenvalue weighted by molar-refractivity contribution is 6.05. The molecule has 176 valence electrons. The van der Waals surface area contributed by atoms with Gasteiger partial charge in [-0.3, -0.25) is 0 Å². The zero-order valence-corrected chi connectivity index (χ0v) is 20.6. The van der Waals surface area contributed by atoms with Crippen LogP contribution < -0.4 is 16.4 Å². The van der Waals surface area contributed by atoms with Gasteiger partial charge in [0.1, 0.15) is 17.0 Å². The Kier molecular flexibility index (Phi) is 7.46. The smallest absolute Gasteiger partial charge is 0.221 e.